The maximum atomic E-state index is 11.3. The monoisotopic (exact) mass is 373 g/mol. The summed E-state index contributed by atoms with van der Waals surface area (Å²) in [7, 11) is 0. The summed E-state index contributed by atoms with van der Waals surface area (Å²) >= 11 is 6.26. The topological polar surface area (TPSA) is 58.4 Å². The molecular weight excluding hydrogens is 346 g/mol. The summed E-state index contributed by atoms with van der Waals surface area (Å²) in [6.45, 7) is 5.09. The van der Waals surface area contributed by atoms with Gasteiger partial charge in [0.2, 0.25) is 0 Å². The highest BCUT2D eigenvalue weighted by atomic mass is 35.5. The van der Waals surface area contributed by atoms with Crippen LogP contribution in [0.4, 0.5) is 10.5 Å². The van der Waals surface area contributed by atoms with Gasteiger partial charge in [-0.3, -0.25) is 4.90 Å². The lowest BCUT2D eigenvalue weighted by molar-refractivity contribution is 0.167. The van der Waals surface area contributed by atoms with E-state index in [1.807, 2.05) is 12.1 Å². The molecule has 0 saturated carbocycles. The molecule has 1 saturated heterocycles. The number of primary amides is 1. The second-order valence-corrected chi connectivity index (χ2v) is 7.99. The Morgan fingerprint density at radius 2 is 2.27 bits per heavy atom. The molecule has 1 aromatic carbocycles. The minimum Gasteiger partial charge on any atom is -0.351 e. The number of aryl methyl sites for hydroxylation is 1. The number of amides is 2. The number of rotatable bonds is 5. The minimum absolute atomic E-state index is 0.143. The number of piperidine rings is 1. The van der Waals surface area contributed by atoms with Crippen molar-refractivity contribution in [1.29, 1.82) is 0 Å². The number of carbonyl (C=O) groups is 1. The van der Waals surface area contributed by atoms with Gasteiger partial charge in [-0.15, -0.1) is 11.6 Å². The number of alkyl halides is 1. The summed E-state index contributed by atoms with van der Waals surface area (Å²) < 4.78 is 0. The molecule has 0 radical (unpaired) electrons. The average Bonchev–Trinajstić information content (AvgIpc) is 2.58. The number of anilines is 1. The van der Waals surface area contributed by atoms with Gasteiger partial charge in [0.15, 0.2) is 0 Å². The molecule has 2 atom stereocenters. The lowest BCUT2D eigenvalue weighted by Crippen LogP contribution is -2.35. The molecule has 0 spiro atoms. The van der Waals surface area contributed by atoms with E-state index in [1.165, 1.54) is 24.0 Å². The van der Waals surface area contributed by atoms with Crippen LogP contribution in [0.5, 0.6) is 0 Å². The Labute approximate surface area is 161 Å². The van der Waals surface area contributed by atoms with Crippen LogP contribution in [0.3, 0.4) is 0 Å². The third kappa shape index (κ3) is 5.12. The number of benzene rings is 1. The fourth-order valence-electron chi connectivity index (χ4n) is 4.02. The van der Waals surface area contributed by atoms with Crippen LogP contribution in [0.25, 0.3) is 0 Å². The molecule has 5 heteroatoms. The number of allylic oxidation sites excluding steroid dienone is 4. The molecule has 3 N–H and O–H groups in total. The van der Waals surface area contributed by atoms with Crippen molar-refractivity contribution in [2.45, 2.75) is 44.5 Å². The van der Waals surface area contributed by atoms with E-state index in [9.17, 15) is 4.79 Å². The predicted octanol–water partition coefficient (Wildman–Crippen LogP) is 4.58. The Hall–Kier alpha value is -1.78. The quantitative estimate of drug-likeness (QED) is 0.742. The number of halogens is 1. The van der Waals surface area contributed by atoms with Crippen molar-refractivity contribution in [3.63, 3.8) is 0 Å². The second-order valence-electron chi connectivity index (χ2n) is 7.43. The van der Waals surface area contributed by atoms with Gasteiger partial charge in [0.25, 0.3) is 0 Å². The minimum atomic E-state index is -0.514. The number of nitrogens with one attached hydrogen (secondary N) is 1. The zero-order valence-corrected chi connectivity index (χ0v) is 16.1. The van der Waals surface area contributed by atoms with Gasteiger partial charge < -0.3 is 11.1 Å². The van der Waals surface area contributed by atoms with Gasteiger partial charge in [-0.05, 0) is 62.3 Å². The van der Waals surface area contributed by atoms with E-state index in [0.29, 0.717) is 5.92 Å². The Balaban J connectivity index is 1.65. The Kier molecular flexibility index (Phi) is 6.38. The highest BCUT2D eigenvalue weighted by molar-refractivity contribution is 6.22. The first-order chi connectivity index (χ1) is 12.5. The van der Waals surface area contributed by atoms with Gasteiger partial charge in [-0.2, -0.15) is 0 Å². The first kappa shape index (κ1) is 19.0. The molecule has 2 aliphatic rings. The van der Waals surface area contributed by atoms with Gasteiger partial charge in [-0.1, -0.05) is 35.9 Å². The standard InChI is InChI=1S/C21H28ClN3O/c1-15-5-2-9-20(24-21(23)26)19(15)14-25-10-4-7-17(13-25)11-16-6-3-8-18(22)12-16/h2-3,5-6,9,12,17-18H,4,7-8,10-11,13-14H2,1H3,(H3,23,24,26). The van der Waals surface area contributed by atoms with Crippen molar-refractivity contribution >= 4 is 23.3 Å². The molecule has 26 heavy (non-hydrogen) atoms. The highest BCUT2D eigenvalue weighted by Crippen LogP contribution is 2.29. The summed E-state index contributed by atoms with van der Waals surface area (Å²) in [6.07, 6.45) is 11.1. The van der Waals surface area contributed by atoms with Crippen LogP contribution in [-0.2, 0) is 6.54 Å². The van der Waals surface area contributed by atoms with Gasteiger partial charge >= 0.3 is 6.03 Å². The lowest BCUT2D eigenvalue weighted by Gasteiger charge is -2.34. The molecule has 140 valence electrons. The van der Waals surface area contributed by atoms with E-state index in [-0.39, 0.29) is 5.38 Å². The van der Waals surface area contributed by atoms with E-state index in [0.717, 1.165) is 43.7 Å². The maximum Gasteiger partial charge on any atom is 0.316 e. The van der Waals surface area contributed by atoms with Crippen molar-refractivity contribution in [3.05, 3.63) is 53.1 Å². The molecule has 3 rings (SSSR count). The van der Waals surface area contributed by atoms with E-state index < -0.39 is 6.03 Å². The third-order valence-electron chi connectivity index (χ3n) is 5.27. The molecule has 4 nitrogen and oxygen atoms in total. The molecule has 2 unspecified atom stereocenters. The summed E-state index contributed by atoms with van der Waals surface area (Å²) in [6, 6.07) is 5.45. The third-order valence-corrected chi connectivity index (χ3v) is 5.57. The number of carbonyl (C=O) groups excluding carboxylic acids is 1. The maximum absolute atomic E-state index is 11.3. The summed E-state index contributed by atoms with van der Waals surface area (Å²) in [5.41, 5.74) is 9.86. The van der Waals surface area contributed by atoms with E-state index in [4.69, 9.17) is 17.3 Å². The smallest absolute Gasteiger partial charge is 0.316 e. The van der Waals surface area contributed by atoms with Crippen molar-refractivity contribution < 1.29 is 4.79 Å². The van der Waals surface area contributed by atoms with Crippen molar-refractivity contribution in [1.82, 2.24) is 4.90 Å². The SMILES string of the molecule is Cc1cccc(NC(N)=O)c1CN1CCCC(CC2=CC(Cl)CC=C2)C1. The molecular formula is C21H28ClN3O. The molecule has 1 aromatic rings. The molecule has 2 amide bonds. The Bertz CT molecular complexity index is 713. The zero-order valence-electron chi connectivity index (χ0n) is 15.4. The van der Waals surface area contributed by atoms with E-state index >= 15 is 0 Å². The van der Waals surface area contributed by atoms with Crippen LogP contribution < -0.4 is 11.1 Å². The Morgan fingerprint density at radius 3 is 3.04 bits per heavy atom. The molecule has 0 aromatic heterocycles. The Morgan fingerprint density at radius 1 is 1.42 bits per heavy atom. The molecule has 1 fully saturated rings. The number of hydrogen-bond donors (Lipinski definition) is 2. The van der Waals surface area contributed by atoms with E-state index in [2.05, 4.69) is 41.4 Å². The van der Waals surface area contributed by atoms with Gasteiger partial charge in [0, 0.05) is 18.8 Å². The normalized spacial score (nSPS) is 23.5. The number of nitrogens with two attached hydrogens (primary N) is 1. The zero-order chi connectivity index (χ0) is 18.5. The highest BCUT2D eigenvalue weighted by Gasteiger charge is 2.22. The van der Waals surface area contributed by atoms with Crippen LogP contribution in [0.1, 0.15) is 36.8 Å². The number of urea groups is 1. The largest absolute Gasteiger partial charge is 0.351 e. The number of likely N-dealkylation sites (tertiary alicyclic amines) is 1. The van der Waals surface area contributed by atoms with Crippen LogP contribution in [-0.4, -0.2) is 29.4 Å². The van der Waals surface area contributed by atoms with E-state index in [1.54, 1.807) is 0 Å². The first-order valence-electron chi connectivity index (χ1n) is 9.40. The van der Waals surface area contributed by atoms with Gasteiger partial charge in [0.1, 0.15) is 0 Å². The van der Waals surface area contributed by atoms with Crippen LogP contribution in [0.15, 0.2) is 42.0 Å². The fourth-order valence-corrected chi connectivity index (χ4v) is 4.29. The number of hydrogen-bond acceptors (Lipinski definition) is 2. The molecule has 0 bridgehead atoms. The lowest BCUT2D eigenvalue weighted by atomic mass is 9.89. The van der Waals surface area contributed by atoms with Crippen molar-refractivity contribution in [3.8, 4) is 0 Å². The second kappa shape index (κ2) is 8.74. The number of nitrogens with zero attached hydrogens (tertiary/aromatic N) is 1. The van der Waals surface area contributed by atoms with Gasteiger partial charge in [0.05, 0.1) is 5.38 Å². The predicted molar refractivity (Wildman–Crippen MR) is 108 cm³/mol. The summed E-state index contributed by atoms with van der Waals surface area (Å²) in [5.74, 6) is 0.651. The summed E-state index contributed by atoms with van der Waals surface area (Å²) in [4.78, 5) is 13.8. The fraction of sp³-hybridized carbons (Fsp3) is 0.476. The van der Waals surface area contributed by atoms with Crippen LogP contribution >= 0.6 is 11.6 Å². The van der Waals surface area contributed by atoms with Crippen LogP contribution in [0, 0.1) is 12.8 Å². The molecule has 1 aliphatic carbocycles. The first-order valence-corrected chi connectivity index (χ1v) is 9.83. The molecule has 1 aliphatic heterocycles. The van der Waals surface area contributed by atoms with Crippen molar-refractivity contribution in [2.24, 2.45) is 11.7 Å². The molecule has 1 heterocycles. The summed E-state index contributed by atoms with van der Waals surface area (Å²) in [5, 5.41) is 2.91. The van der Waals surface area contributed by atoms with Gasteiger partial charge in [-0.25, -0.2) is 4.79 Å². The van der Waals surface area contributed by atoms with Crippen LogP contribution in [0.2, 0.25) is 0 Å². The van der Waals surface area contributed by atoms with Crippen molar-refractivity contribution in [2.75, 3.05) is 18.4 Å². The average molecular weight is 374 g/mol.